The highest BCUT2D eigenvalue weighted by atomic mass is 32.2. The van der Waals surface area contributed by atoms with Crippen LogP contribution in [0.5, 0.6) is 0 Å². The standard InChI is InChI=1S/C20H23FN4OS/c1-15-7-9-24(10-8-15)19-22-23-20(25(19)13-18-6-3-11-26-18)27-14-16-4-2-5-17(21)12-16/h2-6,11-12,15H,7-10,13-14H2,1H3. The van der Waals surface area contributed by atoms with Gasteiger partial charge in [0.1, 0.15) is 11.6 Å². The zero-order valence-electron chi connectivity index (χ0n) is 15.3. The molecule has 3 heterocycles. The molecule has 1 saturated heterocycles. The Morgan fingerprint density at radius 3 is 2.78 bits per heavy atom. The van der Waals surface area contributed by atoms with E-state index < -0.39 is 0 Å². The summed E-state index contributed by atoms with van der Waals surface area (Å²) in [5.41, 5.74) is 0.931. The molecular weight excluding hydrogens is 363 g/mol. The molecule has 0 aliphatic carbocycles. The van der Waals surface area contributed by atoms with Crippen LogP contribution in [-0.2, 0) is 12.3 Å². The third-order valence-electron chi connectivity index (χ3n) is 4.91. The first-order valence-electron chi connectivity index (χ1n) is 9.27. The van der Waals surface area contributed by atoms with Gasteiger partial charge in [-0.2, -0.15) is 0 Å². The van der Waals surface area contributed by atoms with Crippen LogP contribution in [0.25, 0.3) is 0 Å². The molecule has 0 amide bonds. The molecule has 0 spiro atoms. The summed E-state index contributed by atoms with van der Waals surface area (Å²) in [6.45, 7) is 4.87. The Morgan fingerprint density at radius 1 is 1.19 bits per heavy atom. The van der Waals surface area contributed by atoms with E-state index in [0.717, 1.165) is 41.4 Å². The van der Waals surface area contributed by atoms with E-state index in [-0.39, 0.29) is 5.82 Å². The highest BCUT2D eigenvalue weighted by Crippen LogP contribution is 2.28. The number of anilines is 1. The van der Waals surface area contributed by atoms with Crippen molar-refractivity contribution in [2.45, 2.75) is 37.2 Å². The van der Waals surface area contributed by atoms with Crippen molar-refractivity contribution in [1.82, 2.24) is 14.8 Å². The first-order valence-corrected chi connectivity index (χ1v) is 10.3. The van der Waals surface area contributed by atoms with Crippen LogP contribution in [0.2, 0.25) is 0 Å². The van der Waals surface area contributed by atoms with E-state index in [9.17, 15) is 4.39 Å². The smallest absolute Gasteiger partial charge is 0.228 e. The van der Waals surface area contributed by atoms with Gasteiger partial charge < -0.3 is 9.32 Å². The zero-order valence-corrected chi connectivity index (χ0v) is 16.2. The third-order valence-corrected chi connectivity index (χ3v) is 5.95. The number of aromatic nitrogens is 3. The van der Waals surface area contributed by atoms with Gasteiger partial charge in [0.05, 0.1) is 12.8 Å². The first-order chi connectivity index (χ1) is 13.2. The number of piperidine rings is 1. The predicted octanol–water partition coefficient (Wildman–Crippen LogP) is 4.59. The molecule has 0 saturated carbocycles. The van der Waals surface area contributed by atoms with Crippen molar-refractivity contribution < 1.29 is 8.81 Å². The minimum Gasteiger partial charge on any atom is -0.467 e. The predicted molar refractivity (Wildman–Crippen MR) is 104 cm³/mol. The van der Waals surface area contributed by atoms with Gasteiger partial charge >= 0.3 is 0 Å². The Kier molecular flexibility index (Phi) is 5.48. The molecule has 1 fully saturated rings. The molecule has 0 N–H and O–H groups in total. The molecule has 7 heteroatoms. The second-order valence-corrected chi connectivity index (χ2v) is 7.98. The lowest BCUT2D eigenvalue weighted by Crippen LogP contribution is -2.35. The molecule has 4 rings (SSSR count). The number of halogens is 1. The van der Waals surface area contributed by atoms with Crippen LogP contribution in [0.4, 0.5) is 10.3 Å². The van der Waals surface area contributed by atoms with Gasteiger partial charge in [-0.1, -0.05) is 30.8 Å². The second-order valence-electron chi connectivity index (χ2n) is 7.04. The molecule has 1 aliphatic rings. The van der Waals surface area contributed by atoms with E-state index >= 15 is 0 Å². The molecule has 2 aromatic heterocycles. The molecule has 0 bridgehead atoms. The number of nitrogens with zero attached hydrogens (tertiary/aromatic N) is 4. The maximum absolute atomic E-state index is 13.4. The van der Waals surface area contributed by atoms with Crippen LogP contribution in [0.3, 0.4) is 0 Å². The summed E-state index contributed by atoms with van der Waals surface area (Å²) < 4.78 is 21.1. The SMILES string of the molecule is CC1CCN(c2nnc(SCc3cccc(F)c3)n2Cc2ccco2)CC1. The van der Waals surface area contributed by atoms with Gasteiger partial charge in [-0.3, -0.25) is 4.57 Å². The lowest BCUT2D eigenvalue weighted by atomic mass is 10.00. The minimum atomic E-state index is -0.215. The molecular formula is C20H23FN4OS. The van der Waals surface area contributed by atoms with E-state index in [0.29, 0.717) is 12.3 Å². The molecule has 1 aliphatic heterocycles. The van der Waals surface area contributed by atoms with E-state index in [1.807, 2.05) is 18.2 Å². The molecule has 5 nitrogen and oxygen atoms in total. The number of rotatable bonds is 6. The quantitative estimate of drug-likeness (QED) is 0.580. The summed E-state index contributed by atoms with van der Waals surface area (Å²) in [6, 6.07) is 10.5. The Hall–Kier alpha value is -2.28. The summed E-state index contributed by atoms with van der Waals surface area (Å²) in [5, 5.41) is 9.73. The summed E-state index contributed by atoms with van der Waals surface area (Å²) in [7, 11) is 0. The Balaban J connectivity index is 1.56. The Bertz CT molecular complexity index is 872. The topological polar surface area (TPSA) is 47.1 Å². The van der Waals surface area contributed by atoms with Crippen molar-refractivity contribution in [1.29, 1.82) is 0 Å². The van der Waals surface area contributed by atoms with E-state index in [1.165, 1.54) is 18.9 Å². The molecule has 0 radical (unpaired) electrons. The minimum absolute atomic E-state index is 0.215. The van der Waals surface area contributed by atoms with Gasteiger partial charge in [0.25, 0.3) is 0 Å². The second kappa shape index (κ2) is 8.17. The van der Waals surface area contributed by atoms with Gasteiger partial charge in [0.2, 0.25) is 5.95 Å². The van der Waals surface area contributed by atoms with E-state index in [4.69, 9.17) is 4.42 Å². The average Bonchev–Trinajstić information content (AvgIpc) is 3.31. The van der Waals surface area contributed by atoms with Crippen molar-refractivity contribution in [3.63, 3.8) is 0 Å². The van der Waals surface area contributed by atoms with Crippen LogP contribution in [0, 0.1) is 11.7 Å². The van der Waals surface area contributed by atoms with Crippen molar-refractivity contribution in [3.05, 3.63) is 59.8 Å². The van der Waals surface area contributed by atoms with E-state index in [2.05, 4.69) is 26.6 Å². The van der Waals surface area contributed by atoms with Crippen LogP contribution < -0.4 is 4.90 Å². The summed E-state index contributed by atoms with van der Waals surface area (Å²) >= 11 is 1.57. The fourth-order valence-electron chi connectivity index (χ4n) is 3.30. The van der Waals surface area contributed by atoms with E-state index in [1.54, 1.807) is 30.2 Å². The highest BCUT2D eigenvalue weighted by molar-refractivity contribution is 7.98. The van der Waals surface area contributed by atoms with Gasteiger partial charge in [0, 0.05) is 18.8 Å². The fourth-order valence-corrected chi connectivity index (χ4v) is 4.18. The average molecular weight is 386 g/mol. The summed E-state index contributed by atoms with van der Waals surface area (Å²) in [4.78, 5) is 2.31. The monoisotopic (exact) mass is 386 g/mol. The van der Waals surface area contributed by atoms with Crippen LogP contribution in [-0.4, -0.2) is 27.9 Å². The van der Waals surface area contributed by atoms with Gasteiger partial charge in [-0.15, -0.1) is 10.2 Å². The maximum atomic E-state index is 13.4. The molecule has 1 aromatic carbocycles. The van der Waals surface area contributed by atoms with Crippen molar-refractivity contribution in [3.8, 4) is 0 Å². The van der Waals surface area contributed by atoms with Gasteiger partial charge in [0.15, 0.2) is 5.16 Å². The fraction of sp³-hybridized carbons (Fsp3) is 0.400. The lowest BCUT2D eigenvalue weighted by Gasteiger charge is -2.31. The number of thioether (sulfide) groups is 1. The zero-order chi connectivity index (χ0) is 18.6. The normalized spacial score (nSPS) is 15.4. The Labute approximate surface area is 162 Å². The van der Waals surface area contributed by atoms with Crippen molar-refractivity contribution in [2.75, 3.05) is 18.0 Å². The Morgan fingerprint density at radius 2 is 2.04 bits per heavy atom. The van der Waals surface area contributed by atoms with Crippen molar-refractivity contribution >= 4 is 17.7 Å². The molecule has 3 aromatic rings. The lowest BCUT2D eigenvalue weighted by molar-refractivity contribution is 0.427. The molecule has 0 unspecified atom stereocenters. The number of benzene rings is 1. The summed E-state index contributed by atoms with van der Waals surface area (Å²) in [5.74, 6) is 2.94. The largest absolute Gasteiger partial charge is 0.467 e. The molecule has 142 valence electrons. The molecule has 0 atom stereocenters. The first kappa shape index (κ1) is 18.1. The molecule has 27 heavy (non-hydrogen) atoms. The summed E-state index contributed by atoms with van der Waals surface area (Å²) in [6.07, 6.45) is 4.01. The number of furan rings is 1. The maximum Gasteiger partial charge on any atom is 0.228 e. The van der Waals surface area contributed by atoms with Gasteiger partial charge in [-0.05, 0) is 48.6 Å². The highest BCUT2D eigenvalue weighted by Gasteiger charge is 2.23. The number of hydrogen-bond acceptors (Lipinski definition) is 5. The van der Waals surface area contributed by atoms with Crippen LogP contribution in [0.15, 0.2) is 52.2 Å². The van der Waals surface area contributed by atoms with Gasteiger partial charge in [-0.25, -0.2) is 4.39 Å². The number of hydrogen-bond donors (Lipinski definition) is 0. The van der Waals surface area contributed by atoms with Crippen molar-refractivity contribution in [2.24, 2.45) is 5.92 Å². The van der Waals surface area contributed by atoms with Crippen LogP contribution >= 0.6 is 11.8 Å². The van der Waals surface area contributed by atoms with Crippen LogP contribution in [0.1, 0.15) is 31.1 Å². The third kappa shape index (κ3) is 4.35.